The van der Waals surface area contributed by atoms with E-state index < -0.39 is 28.5 Å². The molecule has 0 radical (unpaired) electrons. The zero-order valence-corrected chi connectivity index (χ0v) is 22.3. The normalized spacial score (nSPS) is 13.0. The molecule has 1 N–H and O–H groups in total. The first-order valence-electron chi connectivity index (χ1n) is 11.8. The molecule has 0 aliphatic rings. The quantitative estimate of drug-likeness (QED) is 0.478. The average molecular weight is 504 g/mol. The first-order chi connectivity index (χ1) is 16.5. The van der Waals surface area contributed by atoms with Gasteiger partial charge in [0, 0.05) is 18.7 Å². The van der Waals surface area contributed by atoms with Crippen molar-refractivity contribution in [1.82, 2.24) is 10.2 Å². The lowest BCUT2D eigenvalue weighted by molar-refractivity contribution is -0.140. The molecule has 0 spiro atoms. The minimum absolute atomic E-state index is 0.0443. The van der Waals surface area contributed by atoms with Crippen LogP contribution >= 0.6 is 0 Å². The number of anilines is 1. The number of ether oxygens (including phenoxy) is 1. The van der Waals surface area contributed by atoms with Crippen LogP contribution in [0.5, 0.6) is 5.75 Å². The highest BCUT2D eigenvalue weighted by atomic mass is 32.2. The van der Waals surface area contributed by atoms with E-state index in [1.165, 1.54) is 12.0 Å². The van der Waals surface area contributed by atoms with E-state index in [-0.39, 0.29) is 18.5 Å². The number of aryl methyl sites for hydroxylation is 1. The summed E-state index contributed by atoms with van der Waals surface area (Å²) in [4.78, 5) is 28.3. The summed E-state index contributed by atoms with van der Waals surface area (Å²) in [7, 11) is -2.31. The van der Waals surface area contributed by atoms with Gasteiger partial charge in [-0.2, -0.15) is 0 Å². The Morgan fingerprint density at radius 2 is 1.71 bits per heavy atom. The smallest absolute Gasteiger partial charge is 0.244 e. The van der Waals surface area contributed by atoms with Gasteiger partial charge in [0.05, 0.1) is 19.1 Å². The number of carbonyl (C=O) groups is 2. The molecule has 0 heterocycles. The fourth-order valence-electron chi connectivity index (χ4n) is 3.63. The molecule has 0 aliphatic heterocycles. The third-order valence-electron chi connectivity index (χ3n) is 5.88. The van der Waals surface area contributed by atoms with E-state index in [0.717, 1.165) is 28.1 Å². The Balaban J connectivity index is 2.44. The fourth-order valence-corrected chi connectivity index (χ4v) is 4.47. The lowest BCUT2D eigenvalue weighted by Crippen LogP contribution is -2.53. The van der Waals surface area contributed by atoms with Gasteiger partial charge in [-0.25, -0.2) is 8.42 Å². The molecule has 8 nitrogen and oxygen atoms in total. The zero-order valence-electron chi connectivity index (χ0n) is 21.4. The maximum Gasteiger partial charge on any atom is 0.244 e. The van der Waals surface area contributed by atoms with Gasteiger partial charge in [0.2, 0.25) is 21.8 Å². The summed E-state index contributed by atoms with van der Waals surface area (Å²) in [5.74, 6) is -0.251. The molecular formula is C26H37N3O5S. The summed E-state index contributed by atoms with van der Waals surface area (Å²) in [6, 6.07) is 13.4. The van der Waals surface area contributed by atoms with Crippen LogP contribution in [0.25, 0.3) is 0 Å². The Labute approximate surface area is 209 Å². The maximum atomic E-state index is 13.7. The molecule has 2 amide bonds. The molecular weight excluding hydrogens is 466 g/mol. The number of sulfonamides is 1. The molecule has 2 rings (SSSR count). The molecule has 192 valence electrons. The van der Waals surface area contributed by atoms with Crippen molar-refractivity contribution in [3.05, 3.63) is 59.7 Å². The predicted molar refractivity (Wildman–Crippen MR) is 139 cm³/mol. The monoisotopic (exact) mass is 503 g/mol. The van der Waals surface area contributed by atoms with E-state index in [1.807, 2.05) is 52.0 Å². The minimum atomic E-state index is -3.80. The number of hydrogen-bond acceptors (Lipinski definition) is 5. The van der Waals surface area contributed by atoms with Crippen LogP contribution < -0.4 is 14.4 Å². The van der Waals surface area contributed by atoms with E-state index in [1.54, 1.807) is 24.3 Å². The van der Waals surface area contributed by atoms with Gasteiger partial charge in [-0.15, -0.1) is 0 Å². The van der Waals surface area contributed by atoms with Crippen LogP contribution in [0, 0.1) is 6.92 Å². The Kier molecular flexibility index (Phi) is 10.1. The number of benzene rings is 2. The molecule has 35 heavy (non-hydrogen) atoms. The standard InChI is InChI=1S/C26H37N3O5S/c1-7-20(4)27-26(31)24(8-2)28(17-21-14-12-19(3)13-15-21)25(30)18-29(35(6,32)33)22-10-9-11-23(16-22)34-5/h9-16,20,24H,7-8,17-18H2,1-6H3,(H,27,31)/t20-,24-/m0/s1. The number of amides is 2. The molecule has 0 fully saturated rings. The van der Waals surface area contributed by atoms with Crippen LogP contribution in [-0.2, 0) is 26.2 Å². The van der Waals surface area contributed by atoms with Crippen molar-refractivity contribution in [2.45, 2.75) is 59.2 Å². The molecule has 0 saturated heterocycles. The molecule has 2 atom stereocenters. The molecule has 0 aliphatic carbocycles. The van der Waals surface area contributed by atoms with Gasteiger partial charge in [-0.1, -0.05) is 49.7 Å². The summed E-state index contributed by atoms with van der Waals surface area (Å²) in [5, 5.41) is 2.96. The van der Waals surface area contributed by atoms with E-state index in [0.29, 0.717) is 17.9 Å². The van der Waals surface area contributed by atoms with Crippen LogP contribution in [0.2, 0.25) is 0 Å². The highest BCUT2D eigenvalue weighted by Gasteiger charge is 2.32. The molecule has 0 bridgehead atoms. The molecule has 9 heteroatoms. The van der Waals surface area contributed by atoms with E-state index in [2.05, 4.69) is 5.32 Å². The number of methoxy groups -OCH3 is 1. The summed E-state index contributed by atoms with van der Waals surface area (Å²) < 4.78 is 31.6. The highest BCUT2D eigenvalue weighted by molar-refractivity contribution is 7.92. The van der Waals surface area contributed by atoms with E-state index >= 15 is 0 Å². The van der Waals surface area contributed by atoms with Crippen molar-refractivity contribution in [2.75, 3.05) is 24.2 Å². The lowest BCUT2D eigenvalue weighted by atomic mass is 10.1. The Morgan fingerprint density at radius 3 is 2.26 bits per heavy atom. The average Bonchev–Trinajstić information content (AvgIpc) is 2.82. The van der Waals surface area contributed by atoms with Gasteiger partial charge in [-0.3, -0.25) is 13.9 Å². The van der Waals surface area contributed by atoms with Crippen LogP contribution in [0.15, 0.2) is 48.5 Å². The number of nitrogens with one attached hydrogen (secondary N) is 1. The number of carbonyl (C=O) groups excluding carboxylic acids is 2. The van der Waals surface area contributed by atoms with Gasteiger partial charge in [0.15, 0.2) is 0 Å². The second-order valence-electron chi connectivity index (χ2n) is 8.72. The van der Waals surface area contributed by atoms with Gasteiger partial charge in [-0.05, 0) is 44.4 Å². The molecule has 0 aromatic heterocycles. The number of hydrogen-bond donors (Lipinski definition) is 1. The SMILES string of the molecule is CC[C@H](C)NC(=O)[C@H](CC)N(Cc1ccc(C)cc1)C(=O)CN(c1cccc(OC)c1)S(C)(=O)=O. The molecule has 0 saturated carbocycles. The second kappa shape index (κ2) is 12.6. The van der Waals surface area contributed by atoms with Crippen molar-refractivity contribution in [3.63, 3.8) is 0 Å². The highest BCUT2D eigenvalue weighted by Crippen LogP contribution is 2.24. The summed E-state index contributed by atoms with van der Waals surface area (Å²) in [6.07, 6.45) is 2.20. The molecule has 2 aromatic rings. The maximum absolute atomic E-state index is 13.7. The van der Waals surface area contributed by atoms with Crippen LogP contribution in [0.1, 0.15) is 44.7 Å². The van der Waals surface area contributed by atoms with Crippen molar-refractivity contribution in [2.24, 2.45) is 0 Å². The molecule has 2 aromatic carbocycles. The third-order valence-corrected chi connectivity index (χ3v) is 7.02. The van der Waals surface area contributed by atoms with Gasteiger partial charge >= 0.3 is 0 Å². The Bertz CT molecular complexity index is 1100. The summed E-state index contributed by atoms with van der Waals surface area (Å²) in [5.41, 5.74) is 2.24. The van der Waals surface area contributed by atoms with Gasteiger partial charge in [0.25, 0.3) is 0 Å². The third kappa shape index (κ3) is 7.99. The first kappa shape index (κ1) is 28.2. The van der Waals surface area contributed by atoms with Crippen molar-refractivity contribution in [3.8, 4) is 5.75 Å². The van der Waals surface area contributed by atoms with Crippen LogP contribution in [0.3, 0.4) is 0 Å². The number of nitrogens with zero attached hydrogens (tertiary/aromatic N) is 2. The van der Waals surface area contributed by atoms with Crippen LogP contribution in [0.4, 0.5) is 5.69 Å². The summed E-state index contributed by atoms with van der Waals surface area (Å²) >= 11 is 0. The minimum Gasteiger partial charge on any atom is -0.497 e. The van der Waals surface area contributed by atoms with Crippen molar-refractivity contribution >= 4 is 27.5 Å². The number of rotatable bonds is 12. The summed E-state index contributed by atoms with van der Waals surface area (Å²) in [6.45, 7) is 7.43. The molecule has 0 unspecified atom stereocenters. The second-order valence-corrected chi connectivity index (χ2v) is 10.6. The Hall–Kier alpha value is -3.07. The van der Waals surface area contributed by atoms with Crippen molar-refractivity contribution in [1.29, 1.82) is 0 Å². The topological polar surface area (TPSA) is 96.0 Å². The largest absolute Gasteiger partial charge is 0.497 e. The van der Waals surface area contributed by atoms with E-state index in [9.17, 15) is 18.0 Å². The first-order valence-corrected chi connectivity index (χ1v) is 13.6. The van der Waals surface area contributed by atoms with Crippen LogP contribution in [-0.4, -0.2) is 57.1 Å². The Morgan fingerprint density at radius 1 is 1.06 bits per heavy atom. The van der Waals surface area contributed by atoms with Gasteiger partial charge in [0.1, 0.15) is 18.3 Å². The zero-order chi connectivity index (χ0) is 26.2. The predicted octanol–water partition coefficient (Wildman–Crippen LogP) is 3.49. The fraction of sp³-hybridized carbons (Fsp3) is 0.462. The van der Waals surface area contributed by atoms with Crippen molar-refractivity contribution < 1.29 is 22.7 Å². The van der Waals surface area contributed by atoms with Gasteiger partial charge < -0.3 is 15.0 Å². The van der Waals surface area contributed by atoms with E-state index in [4.69, 9.17) is 4.74 Å². The lowest BCUT2D eigenvalue weighted by Gasteiger charge is -2.33.